The van der Waals surface area contributed by atoms with Crippen molar-refractivity contribution >= 4 is 15.8 Å². The lowest BCUT2D eigenvalue weighted by Gasteiger charge is -2.30. The number of carbonyl (C=O) groups excluding carboxylic acids is 1. The molecule has 0 aliphatic rings. The van der Waals surface area contributed by atoms with Crippen LogP contribution in [0, 0.1) is 5.92 Å². The summed E-state index contributed by atoms with van der Waals surface area (Å²) in [5, 5.41) is 1.69. The molecule has 28 heavy (non-hydrogen) atoms. The van der Waals surface area contributed by atoms with Crippen LogP contribution < -0.4 is 5.73 Å². The van der Waals surface area contributed by atoms with E-state index in [1.165, 1.54) is 0 Å². The van der Waals surface area contributed by atoms with E-state index in [0.29, 0.717) is 4.90 Å². The van der Waals surface area contributed by atoms with E-state index in [1.807, 2.05) is 69.3 Å². The molecule has 5 nitrogen and oxygen atoms in total. The lowest BCUT2D eigenvalue weighted by molar-refractivity contribution is 0.0673. The second-order valence-electron chi connectivity index (χ2n) is 6.96. The Morgan fingerprint density at radius 1 is 1.07 bits per heavy atom. The summed E-state index contributed by atoms with van der Waals surface area (Å²) < 4.78 is 23.2. The summed E-state index contributed by atoms with van der Waals surface area (Å²) in [5.74, 6) is -0.285. The van der Waals surface area contributed by atoms with Crippen molar-refractivity contribution in [2.45, 2.75) is 37.7 Å². The molecular formula is C22H28N2O3S. The Kier molecular flexibility index (Phi) is 7.40. The van der Waals surface area contributed by atoms with Gasteiger partial charge in [0.2, 0.25) is 0 Å². The van der Waals surface area contributed by atoms with Gasteiger partial charge in [-0.3, -0.25) is 0 Å². The fourth-order valence-electron chi connectivity index (χ4n) is 3.26. The van der Waals surface area contributed by atoms with Gasteiger partial charge in [0.15, 0.2) is 0 Å². The van der Waals surface area contributed by atoms with Gasteiger partial charge in [-0.1, -0.05) is 68.0 Å². The van der Waals surface area contributed by atoms with Gasteiger partial charge < -0.3 is 10.5 Å². The third-order valence-corrected chi connectivity index (χ3v) is 6.77. The molecule has 0 aliphatic carbocycles. The van der Waals surface area contributed by atoms with E-state index in [0.717, 1.165) is 11.1 Å². The first-order valence-corrected chi connectivity index (χ1v) is 10.8. The van der Waals surface area contributed by atoms with Crippen LogP contribution in [0.4, 0.5) is 4.79 Å². The first-order chi connectivity index (χ1) is 13.3. The molecule has 0 spiro atoms. The summed E-state index contributed by atoms with van der Waals surface area (Å²) in [5.41, 5.74) is 7.11. The lowest BCUT2D eigenvalue weighted by atomic mass is 9.83. The molecule has 0 aliphatic heterocycles. The Morgan fingerprint density at radius 2 is 1.61 bits per heavy atom. The number of primary amides is 1. The quantitative estimate of drug-likeness (QED) is 0.714. The van der Waals surface area contributed by atoms with Crippen molar-refractivity contribution < 1.29 is 13.7 Å². The molecule has 0 saturated carbocycles. The van der Waals surface area contributed by atoms with Crippen molar-refractivity contribution in [3.05, 3.63) is 77.2 Å². The summed E-state index contributed by atoms with van der Waals surface area (Å²) in [6.07, 6.45) is -1.32. The van der Waals surface area contributed by atoms with Gasteiger partial charge in [0.1, 0.15) is 6.10 Å². The van der Waals surface area contributed by atoms with E-state index >= 15 is 0 Å². The summed E-state index contributed by atoms with van der Waals surface area (Å²) in [6, 6.07) is 18.9. The van der Waals surface area contributed by atoms with Crippen LogP contribution in [0.1, 0.15) is 32.3 Å². The van der Waals surface area contributed by atoms with Crippen molar-refractivity contribution in [3.63, 3.8) is 0 Å². The number of rotatable bonds is 7. The summed E-state index contributed by atoms with van der Waals surface area (Å²) in [7, 11) is -1.20. The van der Waals surface area contributed by atoms with Gasteiger partial charge in [-0.2, -0.15) is 0 Å². The molecule has 0 saturated heterocycles. The van der Waals surface area contributed by atoms with E-state index < -0.39 is 21.9 Å². The Morgan fingerprint density at radius 3 is 2.07 bits per heavy atom. The smallest absolute Gasteiger partial charge is 0.404 e. The largest absolute Gasteiger partial charge is 0.445 e. The van der Waals surface area contributed by atoms with E-state index in [1.54, 1.807) is 24.6 Å². The van der Waals surface area contributed by atoms with Crippen LogP contribution in [0.15, 0.2) is 80.9 Å². The molecule has 0 fully saturated rings. The highest BCUT2D eigenvalue weighted by atomic mass is 32.2. The standard InChI is InChI=1S/C22H28N2O3S/c1-16(2)21(27-22(23)25)20(18-11-7-5-8-12-18)17(3)15-28(26,24-4)19-13-9-6-10-14-19/h5-16,20-21H,1-4H3,(H2,23,25)/b17-15+/t20-,21-,28?/m0/s1. The fraction of sp³-hybridized carbons (Fsp3) is 0.318. The molecule has 150 valence electrons. The van der Waals surface area contributed by atoms with Gasteiger partial charge >= 0.3 is 6.09 Å². The van der Waals surface area contributed by atoms with Gasteiger partial charge in [-0.25, -0.2) is 13.4 Å². The second kappa shape index (κ2) is 9.55. The highest BCUT2D eigenvalue weighted by Gasteiger charge is 2.31. The van der Waals surface area contributed by atoms with Crippen LogP contribution in [-0.4, -0.2) is 23.5 Å². The summed E-state index contributed by atoms with van der Waals surface area (Å²) >= 11 is 0. The molecule has 1 unspecified atom stereocenters. The van der Waals surface area contributed by atoms with Crippen molar-refractivity contribution in [1.29, 1.82) is 0 Å². The van der Waals surface area contributed by atoms with E-state index in [9.17, 15) is 9.00 Å². The molecular weight excluding hydrogens is 372 g/mol. The van der Waals surface area contributed by atoms with Crippen LogP contribution in [-0.2, 0) is 14.5 Å². The van der Waals surface area contributed by atoms with Crippen LogP contribution in [0.25, 0.3) is 0 Å². The average molecular weight is 401 g/mol. The monoisotopic (exact) mass is 400 g/mol. The zero-order valence-corrected chi connectivity index (χ0v) is 17.6. The van der Waals surface area contributed by atoms with Crippen molar-refractivity contribution in [2.75, 3.05) is 7.05 Å². The van der Waals surface area contributed by atoms with Crippen LogP contribution in [0.5, 0.6) is 0 Å². The second-order valence-corrected chi connectivity index (χ2v) is 9.17. The highest BCUT2D eigenvalue weighted by Crippen LogP contribution is 2.35. The maximum absolute atomic E-state index is 13.5. The molecule has 0 radical (unpaired) electrons. The molecule has 2 rings (SSSR count). The Bertz CT molecular complexity index is 931. The molecule has 0 aromatic heterocycles. The predicted octanol–water partition coefficient (Wildman–Crippen LogP) is 4.95. The van der Waals surface area contributed by atoms with Gasteiger partial charge in [-0.15, -0.1) is 0 Å². The third kappa shape index (κ3) is 5.23. The molecule has 0 heterocycles. The number of nitrogens with zero attached hydrogens (tertiary/aromatic N) is 1. The Labute approximate surface area is 167 Å². The van der Waals surface area contributed by atoms with Gasteiger partial charge in [-0.05, 0) is 30.5 Å². The van der Waals surface area contributed by atoms with Crippen LogP contribution in [0.3, 0.4) is 0 Å². The van der Waals surface area contributed by atoms with Gasteiger partial charge in [0.05, 0.1) is 14.6 Å². The maximum atomic E-state index is 13.5. The first kappa shape index (κ1) is 21.7. The van der Waals surface area contributed by atoms with Crippen molar-refractivity contribution in [3.8, 4) is 0 Å². The zero-order valence-electron chi connectivity index (χ0n) is 16.7. The molecule has 3 atom stereocenters. The SMILES string of the molecule is CN=S(=O)(/C=C(\C)[C@@H](c1ccccc1)[C@@H](OC(N)=O)C(C)C)c1ccccc1. The molecule has 2 aromatic rings. The molecule has 6 heteroatoms. The third-order valence-electron chi connectivity index (χ3n) is 4.58. The maximum Gasteiger partial charge on any atom is 0.404 e. The Hall–Kier alpha value is -2.60. The molecule has 1 amide bonds. The number of nitrogens with two attached hydrogens (primary N) is 1. The Balaban J connectivity index is 2.61. The summed E-state index contributed by atoms with van der Waals surface area (Å²) in [4.78, 5) is 12.2. The van der Waals surface area contributed by atoms with Gasteiger partial charge in [0, 0.05) is 18.4 Å². The van der Waals surface area contributed by atoms with Crippen molar-refractivity contribution in [1.82, 2.24) is 0 Å². The van der Waals surface area contributed by atoms with Crippen LogP contribution >= 0.6 is 0 Å². The average Bonchev–Trinajstić information content (AvgIpc) is 2.68. The van der Waals surface area contributed by atoms with Crippen molar-refractivity contribution in [2.24, 2.45) is 16.0 Å². The zero-order chi connectivity index (χ0) is 20.7. The normalized spacial score (nSPS) is 16.1. The molecule has 2 N–H and O–H groups in total. The number of hydrogen-bond acceptors (Lipinski definition) is 4. The minimum atomic E-state index is -2.75. The van der Waals surface area contributed by atoms with Crippen LogP contribution in [0.2, 0.25) is 0 Å². The number of hydrogen-bond donors (Lipinski definition) is 1. The first-order valence-electron chi connectivity index (χ1n) is 9.18. The molecule has 2 aromatic carbocycles. The van der Waals surface area contributed by atoms with E-state index in [-0.39, 0.29) is 11.8 Å². The highest BCUT2D eigenvalue weighted by molar-refractivity contribution is 7.96. The number of benzene rings is 2. The van der Waals surface area contributed by atoms with E-state index in [2.05, 4.69) is 4.36 Å². The number of amides is 1. The fourth-order valence-corrected chi connectivity index (χ4v) is 4.91. The number of carbonyl (C=O) groups is 1. The predicted molar refractivity (Wildman–Crippen MR) is 113 cm³/mol. The van der Waals surface area contributed by atoms with E-state index in [4.69, 9.17) is 10.5 Å². The minimum absolute atomic E-state index is 0.00685. The topological polar surface area (TPSA) is 81.8 Å². The lowest BCUT2D eigenvalue weighted by Crippen LogP contribution is -2.33. The molecule has 0 bridgehead atoms. The minimum Gasteiger partial charge on any atom is -0.445 e. The number of ether oxygens (including phenoxy) is 1. The summed E-state index contributed by atoms with van der Waals surface area (Å²) in [6.45, 7) is 5.83. The van der Waals surface area contributed by atoms with Gasteiger partial charge in [0.25, 0.3) is 0 Å².